The molecular weight excluding hydrogens is 447 g/mol. The third kappa shape index (κ3) is 6.41. The first kappa shape index (κ1) is 22.1. The predicted octanol–water partition coefficient (Wildman–Crippen LogP) is -2.39. The first-order valence-corrected chi connectivity index (χ1v) is 8.18. The van der Waals surface area contributed by atoms with E-state index in [0.29, 0.717) is 13.0 Å². The molecule has 0 amide bonds. The van der Waals surface area contributed by atoms with Crippen molar-refractivity contribution in [2.75, 3.05) is 34.2 Å². The zero-order valence-electron chi connectivity index (χ0n) is 15.3. The summed E-state index contributed by atoms with van der Waals surface area (Å²) in [6.45, 7) is 1.58. The van der Waals surface area contributed by atoms with E-state index in [1.807, 2.05) is 51.5 Å². The van der Waals surface area contributed by atoms with Gasteiger partial charge in [-0.3, -0.25) is 19.3 Å². The second-order valence-electron chi connectivity index (χ2n) is 6.93. The molecule has 0 radical (unpaired) electrons. The molecule has 0 spiro atoms. The first-order valence-electron chi connectivity index (χ1n) is 8.18. The van der Waals surface area contributed by atoms with Crippen LogP contribution in [0.3, 0.4) is 0 Å². The van der Waals surface area contributed by atoms with E-state index in [2.05, 4.69) is 9.98 Å². The molecule has 26 heavy (non-hydrogen) atoms. The third-order valence-electron chi connectivity index (χ3n) is 3.79. The molecule has 1 aromatic heterocycles. The summed E-state index contributed by atoms with van der Waals surface area (Å²) in [7, 11) is 6.14. The van der Waals surface area contributed by atoms with E-state index in [9.17, 15) is 14.7 Å². The maximum Gasteiger partial charge on any atom is 0.331 e. The lowest BCUT2D eigenvalue weighted by molar-refractivity contribution is -0.868. The number of H-pyrrole nitrogens is 1. The largest absolute Gasteiger partial charge is 1.00 e. The van der Waals surface area contributed by atoms with Crippen molar-refractivity contribution >= 4 is 6.21 Å². The fourth-order valence-electron chi connectivity index (χ4n) is 2.30. The van der Waals surface area contributed by atoms with Gasteiger partial charge in [-0.2, -0.15) is 0 Å². The highest BCUT2D eigenvalue weighted by Gasteiger charge is 2.13. The molecule has 0 atom stereocenters. The Bertz CT molecular complexity index is 851. The Morgan fingerprint density at radius 1 is 1.19 bits per heavy atom. The van der Waals surface area contributed by atoms with Crippen molar-refractivity contribution in [1.29, 1.82) is 0 Å². The van der Waals surface area contributed by atoms with Gasteiger partial charge in [0.1, 0.15) is 5.56 Å². The minimum Gasteiger partial charge on any atom is -1.00 e. The molecule has 0 fully saturated rings. The van der Waals surface area contributed by atoms with Gasteiger partial charge in [0.05, 0.1) is 34.2 Å². The Kier molecular flexibility index (Phi) is 8.22. The Labute approximate surface area is 169 Å². The molecule has 1 aromatic carbocycles. The molecule has 8 heteroatoms. The SMILES string of the molecule is C[N+](C)(C)CCN=Cc1c(O)n(CCc2ccccc2)c(=O)[nH]c1=O.[I-]. The zero-order valence-corrected chi connectivity index (χ0v) is 17.4. The summed E-state index contributed by atoms with van der Waals surface area (Å²) < 4.78 is 1.91. The van der Waals surface area contributed by atoms with Gasteiger partial charge in [-0.1, -0.05) is 30.3 Å². The second-order valence-corrected chi connectivity index (χ2v) is 6.93. The van der Waals surface area contributed by atoms with E-state index < -0.39 is 11.2 Å². The Morgan fingerprint density at radius 3 is 2.46 bits per heavy atom. The van der Waals surface area contributed by atoms with Crippen molar-refractivity contribution < 1.29 is 33.6 Å². The molecule has 0 aliphatic carbocycles. The van der Waals surface area contributed by atoms with E-state index in [4.69, 9.17) is 0 Å². The summed E-state index contributed by atoms with van der Waals surface area (Å²) in [5.41, 5.74) is -0.207. The first-order chi connectivity index (χ1) is 11.8. The van der Waals surface area contributed by atoms with Gasteiger partial charge in [0, 0.05) is 12.8 Å². The smallest absolute Gasteiger partial charge is 0.331 e. The van der Waals surface area contributed by atoms with Gasteiger partial charge in [-0.15, -0.1) is 0 Å². The Balaban J connectivity index is 0.00000338. The number of aromatic amines is 1. The molecule has 0 saturated carbocycles. The molecule has 2 N–H and O–H groups in total. The number of rotatable bonds is 7. The quantitative estimate of drug-likeness (QED) is 0.268. The van der Waals surface area contributed by atoms with Gasteiger partial charge in [-0.25, -0.2) is 4.79 Å². The van der Waals surface area contributed by atoms with Gasteiger partial charge in [0.25, 0.3) is 5.56 Å². The number of benzene rings is 1. The number of aromatic nitrogens is 2. The van der Waals surface area contributed by atoms with Crippen LogP contribution in [0.2, 0.25) is 0 Å². The number of hydrogen-bond acceptors (Lipinski definition) is 4. The average Bonchev–Trinajstić information content (AvgIpc) is 2.53. The second kappa shape index (κ2) is 9.67. The van der Waals surface area contributed by atoms with Gasteiger partial charge < -0.3 is 33.6 Å². The van der Waals surface area contributed by atoms with Crippen LogP contribution in [0.15, 0.2) is 44.9 Å². The van der Waals surface area contributed by atoms with E-state index in [1.165, 1.54) is 6.21 Å². The summed E-state index contributed by atoms with van der Waals surface area (Å²) in [6, 6.07) is 9.63. The molecule has 0 bridgehead atoms. The number of nitrogens with zero attached hydrogens (tertiary/aromatic N) is 3. The highest BCUT2D eigenvalue weighted by Crippen LogP contribution is 2.09. The van der Waals surface area contributed by atoms with Crippen molar-refractivity contribution in [2.45, 2.75) is 13.0 Å². The van der Waals surface area contributed by atoms with Crippen LogP contribution >= 0.6 is 0 Å². The summed E-state index contributed by atoms with van der Waals surface area (Å²) >= 11 is 0. The van der Waals surface area contributed by atoms with Crippen molar-refractivity contribution in [2.24, 2.45) is 4.99 Å². The fraction of sp³-hybridized carbons (Fsp3) is 0.389. The lowest BCUT2D eigenvalue weighted by Crippen LogP contribution is -3.00. The van der Waals surface area contributed by atoms with Crippen LogP contribution in [0.1, 0.15) is 11.1 Å². The minimum atomic E-state index is -0.632. The number of aliphatic imine (C=N–C) groups is 1. The lowest BCUT2D eigenvalue weighted by atomic mass is 10.1. The van der Waals surface area contributed by atoms with Crippen LogP contribution in [0, 0.1) is 0 Å². The van der Waals surface area contributed by atoms with Crippen molar-refractivity contribution in [3.63, 3.8) is 0 Å². The summed E-state index contributed by atoms with van der Waals surface area (Å²) in [6.07, 6.45) is 1.90. The van der Waals surface area contributed by atoms with E-state index in [0.717, 1.165) is 21.2 Å². The number of halogens is 1. The van der Waals surface area contributed by atoms with Crippen LogP contribution in [0.4, 0.5) is 0 Å². The summed E-state index contributed by atoms with van der Waals surface area (Å²) in [5.74, 6) is -0.348. The molecule has 0 aliphatic heterocycles. The lowest BCUT2D eigenvalue weighted by Gasteiger charge is -2.22. The highest BCUT2D eigenvalue weighted by molar-refractivity contribution is 5.81. The molecule has 2 aromatic rings. The maximum absolute atomic E-state index is 12.0. The average molecular weight is 472 g/mol. The van der Waals surface area contributed by atoms with E-state index in [-0.39, 0.29) is 42.0 Å². The van der Waals surface area contributed by atoms with Gasteiger partial charge >= 0.3 is 5.69 Å². The standard InChI is InChI=1S/C18H24N4O3.HI/c1-22(2,3)12-10-19-13-15-16(23)20-18(25)21(17(15)24)11-9-14-7-5-4-6-8-14;/h4-8,13H,9-12H2,1-3H3,(H-,19,20,23,24,25);1H. The molecule has 0 saturated heterocycles. The zero-order chi connectivity index (χ0) is 18.4. The van der Waals surface area contributed by atoms with E-state index in [1.54, 1.807) is 0 Å². The van der Waals surface area contributed by atoms with Gasteiger partial charge in [0.15, 0.2) is 0 Å². The van der Waals surface area contributed by atoms with Crippen LogP contribution in [0.5, 0.6) is 5.88 Å². The number of hydrogen-bond donors (Lipinski definition) is 2. The topological polar surface area (TPSA) is 87.4 Å². The monoisotopic (exact) mass is 472 g/mol. The number of likely N-dealkylation sites (N-methyl/N-ethyl adjacent to an activating group) is 1. The molecule has 0 aliphatic rings. The normalized spacial score (nSPS) is 11.5. The molecular formula is C18H25IN4O3. The maximum atomic E-state index is 12.0. The minimum absolute atomic E-state index is 0. The van der Waals surface area contributed by atoms with Crippen LogP contribution in [-0.2, 0) is 13.0 Å². The Hall–Kier alpha value is -1.94. The number of aromatic hydroxyl groups is 1. The molecule has 2 rings (SSSR count). The molecule has 142 valence electrons. The Morgan fingerprint density at radius 2 is 1.85 bits per heavy atom. The number of nitrogens with one attached hydrogen (secondary N) is 1. The van der Waals surface area contributed by atoms with Crippen LogP contribution in [0.25, 0.3) is 0 Å². The molecule has 7 nitrogen and oxygen atoms in total. The van der Waals surface area contributed by atoms with Crippen LogP contribution in [-0.4, -0.2) is 59.6 Å². The van der Waals surface area contributed by atoms with Gasteiger partial charge in [-0.05, 0) is 12.0 Å². The van der Waals surface area contributed by atoms with Crippen molar-refractivity contribution in [3.05, 3.63) is 62.3 Å². The van der Waals surface area contributed by atoms with Crippen molar-refractivity contribution in [3.8, 4) is 5.88 Å². The molecule has 0 unspecified atom stereocenters. The highest BCUT2D eigenvalue weighted by atomic mass is 127. The fourth-order valence-corrected chi connectivity index (χ4v) is 2.30. The van der Waals surface area contributed by atoms with Crippen molar-refractivity contribution in [1.82, 2.24) is 9.55 Å². The summed E-state index contributed by atoms with van der Waals surface area (Å²) in [5, 5.41) is 10.3. The predicted molar refractivity (Wildman–Crippen MR) is 98.5 cm³/mol. The molecule has 1 heterocycles. The number of quaternary nitrogens is 1. The number of aryl methyl sites for hydroxylation is 1. The third-order valence-corrected chi connectivity index (χ3v) is 3.79. The van der Waals surface area contributed by atoms with Gasteiger partial charge in [0.2, 0.25) is 5.88 Å². The van der Waals surface area contributed by atoms with E-state index >= 15 is 0 Å². The summed E-state index contributed by atoms with van der Waals surface area (Å²) in [4.78, 5) is 30.4. The van der Waals surface area contributed by atoms with Crippen LogP contribution < -0.4 is 35.2 Å².